The van der Waals surface area contributed by atoms with E-state index in [0.717, 1.165) is 18.4 Å². The van der Waals surface area contributed by atoms with Gasteiger partial charge in [0.25, 0.3) is 0 Å². The maximum Gasteiger partial charge on any atom is 0.410 e. The molecule has 0 aliphatic carbocycles. The molecule has 132 valence electrons. The van der Waals surface area contributed by atoms with Crippen LogP contribution in [-0.2, 0) is 20.7 Å². The van der Waals surface area contributed by atoms with Crippen LogP contribution in [0, 0.1) is 5.92 Å². The summed E-state index contributed by atoms with van der Waals surface area (Å²) >= 11 is 0. The Labute approximate surface area is 143 Å². The van der Waals surface area contributed by atoms with E-state index < -0.39 is 5.60 Å². The molecule has 24 heavy (non-hydrogen) atoms. The zero-order valence-corrected chi connectivity index (χ0v) is 14.7. The van der Waals surface area contributed by atoms with Gasteiger partial charge in [0.15, 0.2) is 0 Å². The predicted octanol–water partition coefficient (Wildman–Crippen LogP) is 2.81. The zero-order chi connectivity index (χ0) is 17.6. The molecule has 1 aromatic rings. The van der Waals surface area contributed by atoms with Crippen LogP contribution in [0.15, 0.2) is 24.5 Å². The van der Waals surface area contributed by atoms with Crippen LogP contribution in [0.1, 0.15) is 39.2 Å². The summed E-state index contributed by atoms with van der Waals surface area (Å²) in [6.07, 6.45) is 4.96. The van der Waals surface area contributed by atoms with Crippen LogP contribution in [0.4, 0.5) is 4.79 Å². The molecule has 0 saturated carbocycles. The topological polar surface area (TPSA) is 68.7 Å². The first-order chi connectivity index (χ1) is 11.3. The highest BCUT2D eigenvalue weighted by atomic mass is 16.6. The molecule has 1 aliphatic heterocycles. The van der Waals surface area contributed by atoms with Crippen LogP contribution in [0.3, 0.4) is 0 Å². The van der Waals surface area contributed by atoms with Gasteiger partial charge in [-0.05, 0) is 57.2 Å². The minimum absolute atomic E-state index is 0.226. The second-order valence-electron chi connectivity index (χ2n) is 7.13. The highest BCUT2D eigenvalue weighted by Crippen LogP contribution is 2.20. The molecule has 0 radical (unpaired) electrons. The lowest BCUT2D eigenvalue weighted by Gasteiger charge is -2.33. The summed E-state index contributed by atoms with van der Waals surface area (Å²) in [5.41, 5.74) is 0.422. The van der Waals surface area contributed by atoms with Gasteiger partial charge >= 0.3 is 12.1 Å². The van der Waals surface area contributed by atoms with Crippen molar-refractivity contribution in [1.82, 2.24) is 9.88 Å². The summed E-state index contributed by atoms with van der Waals surface area (Å²) in [5.74, 6) is 0.0702. The van der Waals surface area contributed by atoms with E-state index in [1.807, 2.05) is 20.8 Å². The van der Waals surface area contributed by atoms with Crippen molar-refractivity contribution < 1.29 is 19.1 Å². The van der Waals surface area contributed by atoms with Crippen molar-refractivity contribution in [2.24, 2.45) is 5.92 Å². The number of esters is 1. The molecule has 2 rings (SSSR count). The Bertz CT molecular complexity index is 546. The average molecular weight is 334 g/mol. The number of likely N-dealkylation sites (tertiary alicyclic amines) is 1. The minimum Gasteiger partial charge on any atom is -0.465 e. The Morgan fingerprint density at radius 2 is 1.83 bits per heavy atom. The van der Waals surface area contributed by atoms with E-state index in [1.54, 1.807) is 29.4 Å². The van der Waals surface area contributed by atoms with Crippen LogP contribution in [-0.4, -0.2) is 47.2 Å². The van der Waals surface area contributed by atoms with Crippen molar-refractivity contribution in [1.29, 1.82) is 0 Å². The summed E-state index contributed by atoms with van der Waals surface area (Å²) < 4.78 is 10.7. The normalized spacial score (nSPS) is 15.9. The second kappa shape index (κ2) is 8.13. The molecule has 1 amide bonds. The summed E-state index contributed by atoms with van der Waals surface area (Å²) in [6.45, 7) is 7.27. The summed E-state index contributed by atoms with van der Waals surface area (Å²) in [5, 5.41) is 0. The number of amides is 1. The monoisotopic (exact) mass is 334 g/mol. The molecule has 0 bridgehead atoms. The van der Waals surface area contributed by atoms with E-state index in [9.17, 15) is 9.59 Å². The van der Waals surface area contributed by atoms with Gasteiger partial charge in [0.05, 0.1) is 13.0 Å². The molecule has 0 atom stereocenters. The Hall–Kier alpha value is -2.11. The third kappa shape index (κ3) is 6.18. The molecule has 0 aromatic carbocycles. The van der Waals surface area contributed by atoms with E-state index in [4.69, 9.17) is 9.47 Å². The molecular weight excluding hydrogens is 308 g/mol. The number of piperidine rings is 1. The standard InChI is InChI=1S/C18H26N2O4/c1-18(2,3)24-17(22)20-10-6-15(7-11-20)13-23-16(21)12-14-4-8-19-9-5-14/h4-5,8-9,15H,6-7,10-13H2,1-3H3. The third-order valence-electron chi connectivity index (χ3n) is 3.84. The van der Waals surface area contributed by atoms with E-state index in [1.165, 1.54) is 0 Å². The number of ether oxygens (including phenoxy) is 2. The fraction of sp³-hybridized carbons (Fsp3) is 0.611. The van der Waals surface area contributed by atoms with Crippen molar-refractivity contribution in [3.8, 4) is 0 Å². The number of carbonyl (C=O) groups is 2. The van der Waals surface area contributed by atoms with Crippen LogP contribution < -0.4 is 0 Å². The van der Waals surface area contributed by atoms with Crippen molar-refractivity contribution in [3.05, 3.63) is 30.1 Å². The molecule has 1 fully saturated rings. The van der Waals surface area contributed by atoms with E-state index in [2.05, 4.69) is 4.98 Å². The molecule has 0 spiro atoms. The average Bonchev–Trinajstić information content (AvgIpc) is 2.53. The number of hydrogen-bond donors (Lipinski definition) is 0. The zero-order valence-electron chi connectivity index (χ0n) is 14.7. The fourth-order valence-electron chi connectivity index (χ4n) is 2.54. The first-order valence-corrected chi connectivity index (χ1v) is 8.36. The molecule has 1 saturated heterocycles. The van der Waals surface area contributed by atoms with Gasteiger partial charge in [0.2, 0.25) is 0 Å². The molecular formula is C18H26N2O4. The van der Waals surface area contributed by atoms with Crippen LogP contribution in [0.25, 0.3) is 0 Å². The minimum atomic E-state index is -0.476. The first kappa shape index (κ1) is 18.2. The molecule has 6 nitrogen and oxygen atoms in total. The molecule has 1 aromatic heterocycles. The largest absolute Gasteiger partial charge is 0.465 e. The third-order valence-corrected chi connectivity index (χ3v) is 3.84. The van der Waals surface area contributed by atoms with E-state index in [0.29, 0.717) is 25.6 Å². The summed E-state index contributed by atoms with van der Waals surface area (Å²) in [4.78, 5) is 29.5. The second-order valence-corrected chi connectivity index (χ2v) is 7.13. The van der Waals surface area contributed by atoms with Gasteiger partial charge in [-0.2, -0.15) is 0 Å². The number of hydrogen-bond acceptors (Lipinski definition) is 5. The predicted molar refractivity (Wildman–Crippen MR) is 89.4 cm³/mol. The SMILES string of the molecule is CC(C)(C)OC(=O)N1CCC(COC(=O)Cc2ccncc2)CC1. The summed E-state index contributed by atoms with van der Waals surface area (Å²) in [7, 11) is 0. The molecule has 6 heteroatoms. The van der Waals surface area contributed by atoms with Crippen LogP contribution in [0.5, 0.6) is 0 Å². The Morgan fingerprint density at radius 3 is 2.42 bits per heavy atom. The first-order valence-electron chi connectivity index (χ1n) is 8.36. The van der Waals surface area contributed by atoms with Crippen molar-refractivity contribution in [2.75, 3.05) is 19.7 Å². The van der Waals surface area contributed by atoms with Crippen LogP contribution in [0.2, 0.25) is 0 Å². The quantitative estimate of drug-likeness (QED) is 0.792. The maximum atomic E-state index is 12.0. The molecule has 1 aliphatic rings. The lowest BCUT2D eigenvalue weighted by atomic mass is 9.98. The summed E-state index contributed by atoms with van der Waals surface area (Å²) in [6, 6.07) is 3.61. The highest BCUT2D eigenvalue weighted by molar-refractivity contribution is 5.72. The van der Waals surface area contributed by atoms with Gasteiger partial charge in [0, 0.05) is 25.5 Å². The van der Waals surface area contributed by atoms with E-state index in [-0.39, 0.29) is 18.5 Å². The van der Waals surface area contributed by atoms with Gasteiger partial charge in [-0.3, -0.25) is 9.78 Å². The molecule has 2 heterocycles. The Morgan fingerprint density at radius 1 is 1.21 bits per heavy atom. The van der Waals surface area contributed by atoms with Crippen LogP contribution >= 0.6 is 0 Å². The van der Waals surface area contributed by atoms with Crippen molar-refractivity contribution in [3.63, 3.8) is 0 Å². The van der Waals surface area contributed by atoms with Gasteiger partial charge in [-0.25, -0.2) is 4.79 Å². The number of nitrogens with zero attached hydrogens (tertiary/aromatic N) is 2. The Balaban J connectivity index is 1.68. The smallest absolute Gasteiger partial charge is 0.410 e. The van der Waals surface area contributed by atoms with E-state index >= 15 is 0 Å². The van der Waals surface area contributed by atoms with Gasteiger partial charge in [0.1, 0.15) is 5.60 Å². The number of carbonyl (C=O) groups excluding carboxylic acids is 2. The highest BCUT2D eigenvalue weighted by Gasteiger charge is 2.27. The van der Waals surface area contributed by atoms with Gasteiger partial charge < -0.3 is 14.4 Å². The number of pyridine rings is 1. The van der Waals surface area contributed by atoms with Crippen molar-refractivity contribution >= 4 is 12.1 Å². The lowest BCUT2D eigenvalue weighted by molar-refractivity contribution is -0.144. The number of rotatable bonds is 4. The lowest BCUT2D eigenvalue weighted by Crippen LogP contribution is -2.42. The Kier molecular flexibility index (Phi) is 6.17. The number of aromatic nitrogens is 1. The molecule has 0 unspecified atom stereocenters. The van der Waals surface area contributed by atoms with Gasteiger partial charge in [-0.1, -0.05) is 0 Å². The maximum absolute atomic E-state index is 12.0. The van der Waals surface area contributed by atoms with Crippen molar-refractivity contribution in [2.45, 2.75) is 45.6 Å². The molecule has 0 N–H and O–H groups in total. The fourth-order valence-corrected chi connectivity index (χ4v) is 2.54. The van der Waals surface area contributed by atoms with Gasteiger partial charge in [-0.15, -0.1) is 0 Å².